The average molecular weight is 429 g/mol. The van der Waals surface area contributed by atoms with E-state index in [-0.39, 0.29) is 16.1 Å². The number of aromatic hydroxyl groups is 1. The maximum atomic E-state index is 9.75. The Labute approximate surface area is 136 Å². The first-order valence-electron chi connectivity index (χ1n) is 4.89. The highest BCUT2D eigenvalue weighted by Crippen LogP contribution is 2.38. The summed E-state index contributed by atoms with van der Waals surface area (Å²) in [6.45, 7) is 0. The Balaban J connectivity index is 2.62. The van der Waals surface area contributed by atoms with Gasteiger partial charge in [-0.25, -0.2) is 9.97 Å². The smallest absolute Gasteiger partial charge is 0.172 e. The third-order valence-corrected chi connectivity index (χ3v) is 4.64. The third-order valence-electron chi connectivity index (χ3n) is 2.28. The summed E-state index contributed by atoms with van der Waals surface area (Å²) in [5, 5.41) is 10.2. The Morgan fingerprint density at radius 2 is 1.74 bits per heavy atom. The van der Waals surface area contributed by atoms with Gasteiger partial charge >= 0.3 is 0 Å². The molecule has 8 heteroatoms. The molecule has 1 heterocycles. The van der Waals surface area contributed by atoms with E-state index < -0.39 is 0 Å². The molecular formula is C11H6Br2Cl2N2O2. The van der Waals surface area contributed by atoms with Gasteiger partial charge in [-0.15, -0.1) is 0 Å². The summed E-state index contributed by atoms with van der Waals surface area (Å²) in [7, 11) is 1.45. The molecule has 100 valence electrons. The van der Waals surface area contributed by atoms with E-state index in [1.54, 1.807) is 12.1 Å². The van der Waals surface area contributed by atoms with Gasteiger partial charge in [-0.05, 0) is 44.0 Å². The molecule has 0 atom stereocenters. The number of hydrogen-bond donors (Lipinski definition) is 1. The van der Waals surface area contributed by atoms with Crippen molar-refractivity contribution in [2.45, 2.75) is 0 Å². The van der Waals surface area contributed by atoms with Crippen molar-refractivity contribution in [2.75, 3.05) is 7.11 Å². The van der Waals surface area contributed by atoms with Gasteiger partial charge in [0.25, 0.3) is 0 Å². The fourth-order valence-electron chi connectivity index (χ4n) is 1.38. The molecule has 0 amide bonds. The van der Waals surface area contributed by atoms with Crippen LogP contribution in [0.4, 0.5) is 0 Å². The summed E-state index contributed by atoms with van der Waals surface area (Å²) < 4.78 is 5.95. The van der Waals surface area contributed by atoms with Crippen LogP contribution < -0.4 is 4.74 Å². The third kappa shape index (κ3) is 2.97. The number of aromatic nitrogens is 2. The van der Waals surface area contributed by atoms with Gasteiger partial charge in [0, 0.05) is 5.56 Å². The number of hydrogen-bond acceptors (Lipinski definition) is 4. The molecule has 0 saturated heterocycles. The molecule has 0 spiro atoms. The molecular weight excluding hydrogens is 423 g/mol. The number of ether oxygens (including phenoxy) is 1. The Morgan fingerprint density at radius 3 is 2.26 bits per heavy atom. The van der Waals surface area contributed by atoms with E-state index in [0.717, 1.165) is 0 Å². The number of methoxy groups -OCH3 is 1. The Kier molecular flexibility index (Phi) is 4.55. The van der Waals surface area contributed by atoms with E-state index in [9.17, 15) is 5.11 Å². The molecule has 1 aromatic heterocycles. The zero-order valence-corrected chi connectivity index (χ0v) is 14.1. The van der Waals surface area contributed by atoms with Crippen molar-refractivity contribution < 1.29 is 9.84 Å². The average Bonchev–Trinajstić information content (AvgIpc) is 2.38. The largest absolute Gasteiger partial charge is 0.503 e. The minimum atomic E-state index is 0.000514. The maximum absolute atomic E-state index is 9.75. The van der Waals surface area contributed by atoms with Crippen LogP contribution in [-0.2, 0) is 0 Å². The quantitative estimate of drug-likeness (QED) is 0.705. The lowest BCUT2D eigenvalue weighted by molar-refractivity contribution is 0.372. The van der Waals surface area contributed by atoms with Crippen LogP contribution in [0.15, 0.2) is 21.1 Å². The van der Waals surface area contributed by atoms with E-state index in [2.05, 4.69) is 41.8 Å². The molecule has 4 nitrogen and oxygen atoms in total. The topological polar surface area (TPSA) is 55.2 Å². The van der Waals surface area contributed by atoms with Crippen molar-refractivity contribution in [3.05, 3.63) is 31.4 Å². The van der Waals surface area contributed by atoms with E-state index in [4.69, 9.17) is 27.9 Å². The summed E-state index contributed by atoms with van der Waals surface area (Å²) in [5.74, 6) is 0.626. The number of rotatable bonds is 2. The monoisotopic (exact) mass is 426 g/mol. The number of phenolic OH excluding ortho intramolecular Hbond substituents is 1. The lowest BCUT2D eigenvalue weighted by Gasteiger charge is -2.09. The lowest BCUT2D eigenvalue weighted by atomic mass is 10.2. The van der Waals surface area contributed by atoms with Gasteiger partial charge in [-0.1, -0.05) is 23.2 Å². The Hall–Kier alpha value is -0.560. The van der Waals surface area contributed by atoms with Gasteiger partial charge in [0.2, 0.25) is 0 Å². The van der Waals surface area contributed by atoms with E-state index >= 15 is 0 Å². The normalized spacial score (nSPS) is 10.6. The van der Waals surface area contributed by atoms with Gasteiger partial charge in [0.15, 0.2) is 17.3 Å². The van der Waals surface area contributed by atoms with Crippen LogP contribution in [0.5, 0.6) is 11.5 Å². The predicted molar refractivity (Wildman–Crippen MR) is 81.1 cm³/mol. The first-order valence-corrected chi connectivity index (χ1v) is 7.23. The van der Waals surface area contributed by atoms with Crippen molar-refractivity contribution in [1.82, 2.24) is 9.97 Å². The highest BCUT2D eigenvalue weighted by Gasteiger charge is 2.14. The van der Waals surface area contributed by atoms with Gasteiger partial charge in [0.05, 0.1) is 16.1 Å². The minimum absolute atomic E-state index is 0.000514. The lowest BCUT2D eigenvalue weighted by Crippen LogP contribution is -1.93. The van der Waals surface area contributed by atoms with E-state index in [1.807, 2.05) is 0 Å². The van der Waals surface area contributed by atoms with Crippen LogP contribution in [0.1, 0.15) is 0 Å². The van der Waals surface area contributed by atoms with Crippen molar-refractivity contribution in [3.8, 4) is 22.9 Å². The molecule has 0 unspecified atom stereocenters. The molecule has 19 heavy (non-hydrogen) atoms. The van der Waals surface area contributed by atoms with Crippen LogP contribution in [0.3, 0.4) is 0 Å². The standard InChI is InChI=1S/C11H6Br2Cl2N2O2/c1-19-6-3-4(2-5(12)8(6)18)11-16-9(14)7(13)10(15)17-11/h2-3,18H,1H3. The molecule has 0 saturated carbocycles. The zero-order valence-electron chi connectivity index (χ0n) is 9.42. The van der Waals surface area contributed by atoms with Crippen LogP contribution in [0, 0.1) is 0 Å². The molecule has 0 aliphatic rings. The van der Waals surface area contributed by atoms with Crippen LogP contribution in [-0.4, -0.2) is 22.2 Å². The van der Waals surface area contributed by atoms with Crippen molar-refractivity contribution in [1.29, 1.82) is 0 Å². The highest BCUT2D eigenvalue weighted by molar-refractivity contribution is 9.11. The van der Waals surface area contributed by atoms with Gasteiger partial charge in [0.1, 0.15) is 10.3 Å². The van der Waals surface area contributed by atoms with Crippen LogP contribution in [0.25, 0.3) is 11.4 Å². The summed E-state index contributed by atoms with van der Waals surface area (Å²) in [6.07, 6.45) is 0. The first-order chi connectivity index (χ1) is 8.93. The summed E-state index contributed by atoms with van der Waals surface area (Å²) in [6, 6.07) is 3.24. The van der Waals surface area contributed by atoms with Crippen LogP contribution in [0.2, 0.25) is 10.3 Å². The second-order valence-corrected chi connectivity index (χ2v) is 5.82. The maximum Gasteiger partial charge on any atom is 0.172 e. The summed E-state index contributed by atoms with van der Waals surface area (Å²) >= 11 is 18.3. The molecule has 0 aliphatic carbocycles. The molecule has 1 N–H and O–H groups in total. The molecule has 0 bridgehead atoms. The fourth-order valence-corrected chi connectivity index (χ4v) is 2.39. The fraction of sp³-hybridized carbons (Fsp3) is 0.0909. The van der Waals surface area contributed by atoms with Crippen LogP contribution >= 0.6 is 55.1 Å². The number of nitrogens with zero attached hydrogens (tertiary/aromatic N) is 2. The van der Waals surface area contributed by atoms with E-state index in [1.165, 1.54) is 7.11 Å². The van der Waals surface area contributed by atoms with Gasteiger partial charge < -0.3 is 9.84 Å². The number of halogens is 4. The molecule has 2 aromatic rings. The molecule has 2 rings (SSSR count). The van der Waals surface area contributed by atoms with Crippen molar-refractivity contribution >= 4 is 55.1 Å². The predicted octanol–water partition coefficient (Wildman–Crippen LogP) is 4.69. The number of benzene rings is 1. The second kappa shape index (κ2) is 5.83. The molecule has 0 aliphatic heterocycles. The summed E-state index contributed by atoms with van der Waals surface area (Å²) in [4.78, 5) is 8.23. The van der Waals surface area contributed by atoms with Crippen molar-refractivity contribution in [2.24, 2.45) is 0 Å². The van der Waals surface area contributed by atoms with Gasteiger partial charge in [-0.2, -0.15) is 0 Å². The minimum Gasteiger partial charge on any atom is -0.503 e. The first kappa shape index (κ1) is 14.8. The number of phenols is 1. The SMILES string of the molecule is COc1cc(-c2nc(Cl)c(Br)c(Cl)n2)cc(Br)c1O. The molecule has 1 aromatic carbocycles. The summed E-state index contributed by atoms with van der Waals surface area (Å²) in [5.41, 5.74) is 0.609. The van der Waals surface area contributed by atoms with Gasteiger partial charge in [-0.3, -0.25) is 0 Å². The zero-order chi connectivity index (χ0) is 14.2. The Morgan fingerprint density at radius 1 is 1.16 bits per heavy atom. The molecule has 0 fully saturated rings. The van der Waals surface area contributed by atoms with E-state index in [0.29, 0.717) is 26.1 Å². The highest BCUT2D eigenvalue weighted by atomic mass is 79.9. The van der Waals surface area contributed by atoms with Crippen molar-refractivity contribution in [3.63, 3.8) is 0 Å². The molecule has 0 radical (unpaired) electrons. The second-order valence-electron chi connectivity index (χ2n) is 3.45. The Bertz CT molecular complexity index is 630.